The fraction of sp³-hybridized carbons (Fsp3) is 0.316. The third kappa shape index (κ3) is 4.04. The van der Waals surface area contributed by atoms with Crippen LogP contribution in [0.3, 0.4) is 0 Å². The molecule has 3 N–H and O–H groups in total. The van der Waals surface area contributed by atoms with Crippen molar-refractivity contribution in [2.45, 2.75) is 31.5 Å². The molecule has 1 unspecified atom stereocenters. The summed E-state index contributed by atoms with van der Waals surface area (Å²) in [5.74, 6) is 0.0424. The van der Waals surface area contributed by atoms with Crippen LogP contribution in [0.1, 0.15) is 23.2 Å². The molecule has 4 rings (SSSR count). The van der Waals surface area contributed by atoms with E-state index in [4.69, 9.17) is 11.6 Å². The first-order valence-corrected chi connectivity index (χ1v) is 9.23. The molecule has 1 saturated carbocycles. The van der Waals surface area contributed by atoms with E-state index in [0.29, 0.717) is 30.0 Å². The van der Waals surface area contributed by atoms with E-state index in [9.17, 15) is 9.90 Å². The van der Waals surface area contributed by atoms with E-state index in [1.54, 1.807) is 29.3 Å². The quantitative estimate of drug-likeness (QED) is 0.628. The maximum atomic E-state index is 12.7. The van der Waals surface area contributed by atoms with Crippen LogP contribution in [0, 0.1) is 5.92 Å². The van der Waals surface area contributed by atoms with Crippen LogP contribution in [0.4, 0.5) is 0 Å². The van der Waals surface area contributed by atoms with Crippen LogP contribution >= 0.6 is 11.6 Å². The second-order valence-electron chi connectivity index (χ2n) is 6.92. The number of nitrogens with one attached hydrogen (secondary N) is 2. The molecule has 0 spiro atoms. The monoisotopic (exact) mass is 385 g/mol. The fourth-order valence-electron chi connectivity index (χ4n) is 3.62. The summed E-state index contributed by atoms with van der Waals surface area (Å²) in [7, 11) is 0. The summed E-state index contributed by atoms with van der Waals surface area (Å²) in [5.41, 5.74) is 2.29. The van der Waals surface area contributed by atoms with Crippen molar-refractivity contribution in [2.24, 2.45) is 5.92 Å². The van der Waals surface area contributed by atoms with Gasteiger partial charge in [-0.2, -0.15) is 10.2 Å². The van der Waals surface area contributed by atoms with Crippen molar-refractivity contribution in [3.63, 3.8) is 0 Å². The lowest BCUT2D eigenvalue weighted by Crippen LogP contribution is -2.39. The van der Waals surface area contributed by atoms with E-state index >= 15 is 0 Å². The molecule has 2 heterocycles. The molecule has 0 saturated heterocycles. The highest BCUT2D eigenvalue weighted by molar-refractivity contribution is 6.30. The van der Waals surface area contributed by atoms with Gasteiger partial charge in [-0.3, -0.25) is 14.6 Å². The molecular weight excluding hydrogens is 366 g/mol. The third-order valence-electron chi connectivity index (χ3n) is 4.93. The molecule has 3 aromatic rings. The van der Waals surface area contributed by atoms with Gasteiger partial charge in [-0.05, 0) is 37.0 Å². The smallest absolute Gasteiger partial charge is 0.251 e. The van der Waals surface area contributed by atoms with Gasteiger partial charge in [0.1, 0.15) is 0 Å². The Bertz CT molecular complexity index is 924. The Balaban J connectivity index is 1.40. The van der Waals surface area contributed by atoms with Gasteiger partial charge in [-0.15, -0.1) is 0 Å². The summed E-state index contributed by atoms with van der Waals surface area (Å²) in [6.45, 7) is 0.672. The Morgan fingerprint density at radius 3 is 3.00 bits per heavy atom. The zero-order valence-electron chi connectivity index (χ0n) is 14.5. The predicted octanol–water partition coefficient (Wildman–Crippen LogP) is 2.50. The van der Waals surface area contributed by atoms with Crippen LogP contribution in [0.5, 0.6) is 0 Å². The van der Waals surface area contributed by atoms with Gasteiger partial charge in [-0.25, -0.2) is 0 Å². The van der Waals surface area contributed by atoms with Gasteiger partial charge in [0.25, 0.3) is 5.91 Å². The van der Waals surface area contributed by atoms with Crippen LogP contribution < -0.4 is 5.32 Å². The number of aromatic amines is 1. The van der Waals surface area contributed by atoms with Gasteiger partial charge >= 0.3 is 0 Å². The summed E-state index contributed by atoms with van der Waals surface area (Å²) < 4.78 is 1.78. The molecule has 1 aliphatic carbocycles. The lowest BCUT2D eigenvalue weighted by Gasteiger charge is -2.16. The second kappa shape index (κ2) is 7.54. The van der Waals surface area contributed by atoms with Crippen LogP contribution in [0.25, 0.3) is 11.3 Å². The lowest BCUT2D eigenvalue weighted by molar-refractivity contribution is 0.0873. The van der Waals surface area contributed by atoms with Crippen molar-refractivity contribution in [1.82, 2.24) is 25.3 Å². The van der Waals surface area contributed by atoms with E-state index in [2.05, 4.69) is 20.6 Å². The molecule has 1 fully saturated rings. The minimum atomic E-state index is -0.569. The van der Waals surface area contributed by atoms with Crippen molar-refractivity contribution in [1.29, 1.82) is 0 Å². The number of carbonyl (C=O) groups is 1. The second-order valence-corrected chi connectivity index (χ2v) is 7.35. The number of hydrogen-bond donors (Lipinski definition) is 3. The minimum Gasteiger partial charge on any atom is -0.391 e. The number of halogens is 1. The third-order valence-corrected chi connectivity index (χ3v) is 5.12. The van der Waals surface area contributed by atoms with Crippen molar-refractivity contribution in [3.8, 4) is 11.3 Å². The number of aliphatic hydroxyl groups excluding tert-OH is 1. The molecule has 0 bridgehead atoms. The molecule has 0 radical (unpaired) electrons. The van der Waals surface area contributed by atoms with Crippen LogP contribution in [0.2, 0.25) is 5.02 Å². The highest BCUT2D eigenvalue weighted by Gasteiger charge is 2.34. The van der Waals surface area contributed by atoms with Crippen molar-refractivity contribution in [2.75, 3.05) is 0 Å². The molecule has 1 aliphatic rings. The summed E-state index contributed by atoms with van der Waals surface area (Å²) in [4.78, 5) is 12.7. The Morgan fingerprint density at radius 2 is 2.26 bits per heavy atom. The average molecular weight is 386 g/mol. The predicted molar refractivity (Wildman–Crippen MR) is 101 cm³/mol. The summed E-state index contributed by atoms with van der Waals surface area (Å²) in [6.07, 6.45) is 5.78. The zero-order valence-corrected chi connectivity index (χ0v) is 15.3. The first-order valence-electron chi connectivity index (χ1n) is 8.85. The Kier molecular flexibility index (Phi) is 4.96. The fourth-order valence-corrected chi connectivity index (χ4v) is 3.78. The number of aromatic nitrogens is 4. The molecule has 3 atom stereocenters. The molecule has 8 heteroatoms. The number of rotatable bonds is 5. The van der Waals surface area contributed by atoms with Crippen LogP contribution in [-0.2, 0) is 6.54 Å². The number of H-pyrrole nitrogens is 1. The largest absolute Gasteiger partial charge is 0.391 e. The van der Waals surface area contributed by atoms with E-state index < -0.39 is 6.10 Å². The molecule has 7 nitrogen and oxygen atoms in total. The van der Waals surface area contributed by atoms with Gasteiger partial charge in [0.05, 0.1) is 29.1 Å². The maximum Gasteiger partial charge on any atom is 0.251 e. The minimum absolute atomic E-state index is 0.191. The molecule has 27 heavy (non-hydrogen) atoms. The highest BCUT2D eigenvalue weighted by Crippen LogP contribution is 2.28. The summed E-state index contributed by atoms with van der Waals surface area (Å²) in [5, 5.41) is 24.9. The number of hydrogen-bond acceptors (Lipinski definition) is 4. The zero-order chi connectivity index (χ0) is 18.8. The number of nitrogens with zero attached hydrogens (tertiary/aromatic N) is 3. The van der Waals surface area contributed by atoms with E-state index in [0.717, 1.165) is 11.3 Å². The number of amides is 1. The van der Waals surface area contributed by atoms with Crippen LogP contribution in [-0.4, -0.2) is 43.1 Å². The number of benzene rings is 1. The van der Waals surface area contributed by atoms with E-state index in [-0.39, 0.29) is 17.9 Å². The number of aliphatic hydroxyl groups is 1. The molecule has 2 aromatic heterocycles. The first-order chi connectivity index (χ1) is 13.1. The summed E-state index contributed by atoms with van der Waals surface area (Å²) >= 11 is 5.89. The van der Waals surface area contributed by atoms with Crippen molar-refractivity contribution in [3.05, 3.63) is 59.5 Å². The van der Waals surface area contributed by atoms with Crippen LogP contribution in [0.15, 0.2) is 48.9 Å². The normalized spacial score (nSPS) is 22.1. The topological polar surface area (TPSA) is 95.8 Å². The lowest BCUT2D eigenvalue weighted by atomic mass is 10.1. The Hall–Kier alpha value is -2.64. The molecule has 140 valence electrons. The van der Waals surface area contributed by atoms with Gasteiger partial charge in [0.15, 0.2) is 0 Å². The summed E-state index contributed by atoms with van der Waals surface area (Å²) in [6, 6.07) is 8.90. The van der Waals surface area contributed by atoms with Crippen molar-refractivity contribution < 1.29 is 9.90 Å². The molecule has 1 aromatic carbocycles. The molecule has 1 amide bonds. The van der Waals surface area contributed by atoms with Gasteiger partial charge in [-0.1, -0.05) is 23.7 Å². The Morgan fingerprint density at radius 1 is 1.37 bits per heavy atom. The van der Waals surface area contributed by atoms with Gasteiger partial charge < -0.3 is 10.4 Å². The van der Waals surface area contributed by atoms with E-state index in [1.165, 1.54) is 0 Å². The van der Waals surface area contributed by atoms with E-state index in [1.807, 2.05) is 24.3 Å². The highest BCUT2D eigenvalue weighted by atomic mass is 35.5. The average Bonchev–Trinajstić information content (AvgIpc) is 3.39. The molecule has 0 aliphatic heterocycles. The molecular formula is C19H20ClN5O2. The maximum absolute atomic E-state index is 12.7. The van der Waals surface area contributed by atoms with Crippen molar-refractivity contribution >= 4 is 17.5 Å². The standard InChI is InChI=1S/C19H20ClN5O2/c20-15-9-22-25(11-15)10-12-6-17(18(26)7-12)23-19(27)14-3-1-2-13(8-14)16-4-5-21-24-16/h1-5,8-9,11-12,17-18,26H,6-7,10H2,(H,21,24)(H,23,27)/t12?,17-,18-/m1/s1. The Labute approximate surface area is 161 Å². The number of carbonyl (C=O) groups excluding carboxylic acids is 1. The first kappa shape index (κ1) is 17.8. The SMILES string of the molecule is O=C(N[C@@H]1CC(Cn2cc(Cl)cn2)C[C@H]1O)c1cccc(-c2ccn[nH]2)c1. The van der Waals surface area contributed by atoms with Gasteiger partial charge in [0.2, 0.25) is 0 Å². The van der Waals surface area contributed by atoms with Gasteiger partial charge in [0, 0.05) is 30.1 Å².